The number of ether oxygens (including phenoxy) is 1. The van der Waals surface area contributed by atoms with E-state index >= 15 is 0 Å². The number of carbonyl (C=O) groups is 2. The van der Waals surface area contributed by atoms with Crippen molar-refractivity contribution >= 4 is 17.6 Å². The van der Waals surface area contributed by atoms with Crippen LogP contribution < -0.4 is 10.1 Å². The van der Waals surface area contributed by atoms with Crippen LogP contribution >= 0.6 is 0 Å². The average molecular weight is 408 g/mol. The van der Waals surface area contributed by atoms with Crippen molar-refractivity contribution in [1.82, 2.24) is 9.88 Å². The van der Waals surface area contributed by atoms with E-state index in [1.165, 1.54) is 32.1 Å². The van der Waals surface area contributed by atoms with Gasteiger partial charge in [0.15, 0.2) is 11.6 Å². The molecule has 6 heteroatoms. The highest BCUT2D eigenvalue weighted by Gasteiger charge is 2.34. The summed E-state index contributed by atoms with van der Waals surface area (Å²) in [5, 5.41) is 2.89. The van der Waals surface area contributed by atoms with E-state index in [1.54, 1.807) is 11.1 Å². The Morgan fingerprint density at radius 1 is 1.10 bits per heavy atom. The molecule has 1 aromatic heterocycles. The van der Waals surface area contributed by atoms with Crippen LogP contribution in [0.4, 0.5) is 5.82 Å². The lowest BCUT2D eigenvalue weighted by Gasteiger charge is -2.22. The number of aromatic nitrogens is 1. The molecule has 158 valence electrons. The number of hydrogen-bond acceptors (Lipinski definition) is 4. The smallest absolute Gasteiger partial charge is 0.231 e. The van der Waals surface area contributed by atoms with E-state index in [-0.39, 0.29) is 24.2 Å². The second-order valence-electron chi connectivity index (χ2n) is 8.32. The van der Waals surface area contributed by atoms with Crippen LogP contribution in [0.1, 0.15) is 44.1 Å². The van der Waals surface area contributed by atoms with Gasteiger partial charge in [-0.2, -0.15) is 0 Å². The summed E-state index contributed by atoms with van der Waals surface area (Å²) in [5.41, 5.74) is 1.06. The van der Waals surface area contributed by atoms with Crippen molar-refractivity contribution in [1.29, 1.82) is 0 Å². The molecule has 6 nitrogen and oxygen atoms in total. The Morgan fingerprint density at radius 3 is 2.70 bits per heavy atom. The third-order valence-electron chi connectivity index (χ3n) is 6.01. The normalized spacial score (nSPS) is 19.7. The maximum absolute atomic E-state index is 12.8. The molecule has 2 fully saturated rings. The molecule has 1 atom stereocenters. The van der Waals surface area contributed by atoms with E-state index < -0.39 is 0 Å². The summed E-state index contributed by atoms with van der Waals surface area (Å²) in [4.78, 5) is 31.3. The summed E-state index contributed by atoms with van der Waals surface area (Å²) in [6.45, 7) is 1.61. The van der Waals surface area contributed by atoms with Crippen molar-refractivity contribution in [3.05, 3.63) is 54.2 Å². The molecule has 2 heterocycles. The lowest BCUT2D eigenvalue weighted by atomic mass is 9.90. The van der Waals surface area contributed by atoms with Gasteiger partial charge in [0.05, 0.1) is 12.5 Å². The Hall–Kier alpha value is -2.89. The van der Waals surface area contributed by atoms with Crippen molar-refractivity contribution in [2.24, 2.45) is 11.8 Å². The lowest BCUT2D eigenvalue weighted by Crippen LogP contribution is -2.28. The van der Waals surface area contributed by atoms with Crippen LogP contribution in [0.15, 0.2) is 48.7 Å². The number of carbonyl (C=O) groups excluding carboxylic acids is 2. The lowest BCUT2D eigenvalue weighted by molar-refractivity contribution is -0.128. The van der Waals surface area contributed by atoms with Gasteiger partial charge in [0.25, 0.3) is 0 Å². The fourth-order valence-electron chi connectivity index (χ4n) is 4.29. The van der Waals surface area contributed by atoms with Crippen LogP contribution in [0, 0.1) is 11.8 Å². The minimum absolute atomic E-state index is 0.00814. The Bertz CT molecular complexity index is 865. The van der Waals surface area contributed by atoms with E-state index in [4.69, 9.17) is 4.74 Å². The first kappa shape index (κ1) is 20.4. The summed E-state index contributed by atoms with van der Waals surface area (Å²) in [6, 6.07) is 13.5. The second-order valence-corrected chi connectivity index (χ2v) is 8.32. The topological polar surface area (TPSA) is 71.5 Å². The molecule has 4 rings (SSSR count). The minimum Gasteiger partial charge on any atom is -0.489 e. The standard InChI is InChI=1S/C24H29N3O3/c28-22-14-20(16-27(22)15-18-8-3-1-4-9-18)24(29)26-23-21(12-7-13-25-23)30-17-19-10-5-2-6-11-19/h1,3-4,7-9,12-13,19-20H,2,5-6,10-11,14-17H2,(H,25,26,29). The summed E-state index contributed by atoms with van der Waals surface area (Å²) >= 11 is 0. The molecule has 1 aliphatic heterocycles. The zero-order valence-corrected chi connectivity index (χ0v) is 17.3. The van der Waals surface area contributed by atoms with E-state index in [0.717, 1.165) is 5.56 Å². The molecule has 0 radical (unpaired) electrons. The number of pyridine rings is 1. The molecule has 0 bridgehead atoms. The Kier molecular flexibility index (Phi) is 6.62. The number of anilines is 1. The van der Waals surface area contributed by atoms with Crippen molar-refractivity contribution < 1.29 is 14.3 Å². The van der Waals surface area contributed by atoms with Gasteiger partial charge in [-0.25, -0.2) is 4.98 Å². The molecule has 1 N–H and O–H groups in total. The molecule has 2 aromatic rings. The molecule has 1 saturated heterocycles. The van der Waals surface area contributed by atoms with Crippen LogP contribution in [-0.2, 0) is 16.1 Å². The Balaban J connectivity index is 1.34. The Labute approximate surface area is 177 Å². The summed E-state index contributed by atoms with van der Waals surface area (Å²) in [6.07, 6.45) is 8.10. The van der Waals surface area contributed by atoms with Gasteiger partial charge in [0, 0.05) is 25.7 Å². The van der Waals surface area contributed by atoms with Gasteiger partial charge < -0.3 is 15.0 Å². The van der Waals surface area contributed by atoms with E-state index in [9.17, 15) is 9.59 Å². The average Bonchev–Trinajstić information content (AvgIpc) is 3.15. The van der Waals surface area contributed by atoms with Crippen LogP contribution in [0.2, 0.25) is 0 Å². The van der Waals surface area contributed by atoms with Crippen molar-refractivity contribution in [3.63, 3.8) is 0 Å². The molecule has 1 aliphatic carbocycles. The molecular formula is C24H29N3O3. The molecule has 2 amide bonds. The summed E-state index contributed by atoms with van der Waals surface area (Å²) < 4.78 is 6.01. The fourth-order valence-corrected chi connectivity index (χ4v) is 4.29. The molecule has 1 aromatic carbocycles. The highest BCUT2D eigenvalue weighted by Crippen LogP contribution is 2.28. The van der Waals surface area contributed by atoms with Crippen molar-refractivity contribution in [2.75, 3.05) is 18.5 Å². The van der Waals surface area contributed by atoms with Crippen LogP contribution in [-0.4, -0.2) is 34.8 Å². The predicted molar refractivity (Wildman–Crippen MR) is 115 cm³/mol. The summed E-state index contributed by atoms with van der Waals surface area (Å²) in [5.74, 6) is 1.05. The van der Waals surface area contributed by atoms with E-state index in [1.807, 2.05) is 42.5 Å². The van der Waals surface area contributed by atoms with Gasteiger partial charge in [0.2, 0.25) is 11.8 Å². The van der Waals surface area contributed by atoms with Gasteiger partial charge in [-0.15, -0.1) is 0 Å². The second kappa shape index (κ2) is 9.74. The van der Waals surface area contributed by atoms with Crippen molar-refractivity contribution in [2.45, 2.75) is 45.1 Å². The maximum Gasteiger partial charge on any atom is 0.231 e. The number of amides is 2. The van der Waals surface area contributed by atoms with Gasteiger partial charge in [-0.05, 0) is 36.5 Å². The SMILES string of the molecule is O=C(Nc1ncccc1OCC1CCCCC1)C1CC(=O)N(Cc2ccccc2)C1. The number of rotatable bonds is 7. The largest absolute Gasteiger partial charge is 0.489 e. The van der Waals surface area contributed by atoms with Crippen LogP contribution in [0.5, 0.6) is 5.75 Å². The zero-order chi connectivity index (χ0) is 20.8. The monoisotopic (exact) mass is 407 g/mol. The first-order valence-electron chi connectivity index (χ1n) is 10.9. The van der Waals surface area contributed by atoms with Crippen molar-refractivity contribution in [3.8, 4) is 5.75 Å². The molecule has 2 aliphatic rings. The summed E-state index contributed by atoms with van der Waals surface area (Å²) in [7, 11) is 0. The number of benzene rings is 1. The van der Waals surface area contributed by atoms with Gasteiger partial charge >= 0.3 is 0 Å². The Morgan fingerprint density at radius 2 is 1.90 bits per heavy atom. The molecule has 1 saturated carbocycles. The van der Waals surface area contributed by atoms with Gasteiger partial charge in [-0.3, -0.25) is 9.59 Å². The maximum atomic E-state index is 12.8. The number of hydrogen-bond donors (Lipinski definition) is 1. The highest BCUT2D eigenvalue weighted by molar-refractivity contribution is 5.97. The molecule has 30 heavy (non-hydrogen) atoms. The minimum atomic E-state index is -0.380. The van der Waals surface area contributed by atoms with Crippen LogP contribution in [0.3, 0.4) is 0 Å². The van der Waals surface area contributed by atoms with E-state index in [0.29, 0.717) is 37.2 Å². The molecule has 0 spiro atoms. The number of likely N-dealkylation sites (tertiary alicyclic amines) is 1. The first-order chi connectivity index (χ1) is 14.7. The first-order valence-corrected chi connectivity index (χ1v) is 10.9. The predicted octanol–water partition coefficient (Wildman–Crippen LogP) is 4.03. The third-order valence-corrected chi connectivity index (χ3v) is 6.01. The van der Waals surface area contributed by atoms with Gasteiger partial charge in [0.1, 0.15) is 0 Å². The fraction of sp³-hybridized carbons (Fsp3) is 0.458. The van der Waals surface area contributed by atoms with Crippen LogP contribution in [0.25, 0.3) is 0 Å². The highest BCUT2D eigenvalue weighted by atomic mass is 16.5. The van der Waals surface area contributed by atoms with E-state index in [2.05, 4.69) is 10.3 Å². The number of nitrogens with zero attached hydrogens (tertiary/aromatic N) is 2. The number of nitrogens with one attached hydrogen (secondary N) is 1. The molecular weight excluding hydrogens is 378 g/mol. The third kappa shape index (κ3) is 5.17. The zero-order valence-electron chi connectivity index (χ0n) is 17.3. The molecule has 1 unspecified atom stereocenters. The quantitative estimate of drug-likeness (QED) is 0.752. The van der Waals surface area contributed by atoms with Gasteiger partial charge in [-0.1, -0.05) is 49.6 Å².